The average molecular weight is 1230 g/mol. The zero-order chi connectivity index (χ0) is 62.1. The quantitative estimate of drug-likeness (QED) is 0.0482. The first kappa shape index (κ1) is 59.9. The zero-order valence-corrected chi connectivity index (χ0v) is 54.6. The molecule has 1 aromatic carbocycles. The van der Waals surface area contributed by atoms with E-state index in [1.54, 1.807) is 0 Å². The van der Waals surface area contributed by atoms with E-state index in [0.29, 0.717) is 83.2 Å². The Morgan fingerprint density at radius 2 is 1.71 bits per heavy atom. The number of dihydropyridines is 1. The van der Waals surface area contributed by atoms with Gasteiger partial charge in [0.2, 0.25) is 0 Å². The van der Waals surface area contributed by atoms with Gasteiger partial charge in [0.05, 0.1) is 36.3 Å². The third-order valence-electron chi connectivity index (χ3n) is 31.9. The van der Waals surface area contributed by atoms with Crippen LogP contribution in [0.2, 0.25) is 0 Å². The van der Waals surface area contributed by atoms with Gasteiger partial charge in [0.25, 0.3) is 0 Å². The van der Waals surface area contributed by atoms with E-state index >= 15 is 9.90 Å². The number of epoxide rings is 1. The van der Waals surface area contributed by atoms with Crippen LogP contribution in [0.5, 0.6) is 0 Å². The Labute approximate surface area is 535 Å². The molecule has 0 amide bonds. The fraction of sp³-hybridized carbons (Fsp3) is 0.747. The maximum absolute atomic E-state index is 17.6. The van der Waals surface area contributed by atoms with Crippen LogP contribution in [0.4, 0.5) is 0 Å². The molecule has 0 unspecified atom stereocenters. The summed E-state index contributed by atoms with van der Waals surface area (Å²) in [6.45, 7) is 9.53. The van der Waals surface area contributed by atoms with Crippen LogP contribution >= 0.6 is 0 Å². The number of rotatable bonds is 11. The molecule has 11 nitrogen and oxygen atoms in total. The Hall–Kier alpha value is -3.86. The van der Waals surface area contributed by atoms with Crippen LogP contribution in [0, 0.1) is 114 Å². The number of aliphatic hydroxyl groups is 5. The molecule has 0 radical (unpaired) electrons. The van der Waals surface area contributed by atoms with Crippen LogP contribution in [0.1, 0.15) is 199 Å². The van der Waals surface area contributed by atoms with E-state index in [4.69, 9.17) is 15.2 Å². The topological polar surface area (TPSA) is 195 Å². The fourth-order valence-electron chi connectivity index (χ4n) is 28.1. The smallest absolute Gasteiger partial charge is 0.163 e. The van der Waals surface area contributed by atoms with Crippen LogP contribution in [0.25, 0.3) is 0 Å². The number of nitrogens with two attached hydrogens (primary N) is 1. The number of allylic oxidation sites excluding steroid dienone is 5. The molecule has 10 fully saturated rings. The molecule has 3 aliphatic heterocycles. The van der Waals surface area contributed by atoms with Crippen molar-refractivity contribution < 1.29 is 44.6 Å². The number of Topliss-reactive ketones (excluding diaryl/α,β-unsaturated/α-hetero) is 1. The molecule has 8 N–H and O–H groups in total. The molecule has 14 aliphatic carbocycles. The van der Waals surface area contributed by atoms with E-state index in [1.807, 2.05) is 19.9 Å². The summed E-state index contributed by atoms with van der Waals surface area (Å²) in [5, 5.41) is 69.9. The maximum Gasteiger partial charge on any atom is 0.163 e. The zero-order valence-electron chi connectivity index (χ0n) is 54.6. The first-order chi connectivity index (χ1) is 43.2. The lowest BCUT2D eigenvalue weighted by molar-refractivity contribution is -0.244. The highest BCUT2D eigenvalue weighted by Gasteiger charge is 2.88. The van der Waals surface area contributed by atoms with E-state index in [2.05, 4.69) is 79.6 Å². The van der Waals surface area contributed by atoms with Crippen molar-refractivity contribution in [1.82, 2.24) is 5.32 Å². The third-order valence-corrected chi connectivity index (χ3v) is 31.9. The molecule has 18 rings (SSSR count). The van der Waals surface area contributed by atoms with Gasteiger partial charge in [0, 0.05) is 70.3 Å². The fourth-order valence-corrected chi connectivity index (χ4v) is 28.1. The maximum atomic E-state index is 17.6. The lowest BCUT2D eigenvalue weighted by Crippen LogP contribution is -2.75. The summed E-state index contributed by atoms with van der Waals surface area (Å²) < 4.78 is 14.7. The predicted molar refractivity (Wildman–Crippen MR) is 344 cm³/mol. The normalized spacial score (nSPS) is 48.9. The lowest BCUT2D eigenvalue weighted by atomic mass is 9.28. The van der Waals surface area contributed by atoms with Crippen LogP contribution in [-0.4, -0.2) is 99.1 Å². The van der Waals surface area contributed by atoms with Crippen molar-refractivity contribution in [3.63, 3.8) is 0 Å². The molecular formula is C79H104N2O9. The van der Waals surface area contributed by atoms with Crippen molar-refractivity contribution in [2.45, 2.75) is 236 Å². The third kappa shape index (κ3) is 7.36. The second kappa shape index (κ2) is 19.9. The van der Waals surface area contributed by atoms with Gasteiger partial charge in [-0.25, -0.2) is 0 Å². The number of nitrogens with one attached hydrogen (secondary N) is 1. The molecule has 4 bridgehead atoms. The summed E-state index contributed by atoms with van der Waals surface area (Å²) in [6, 6.07) is 9.02. The minimum atomic E-state index is -1.45. The van der Waals surface area contributed by atoms with Gasteiger partial charge in [-0.1, -0.05) is 112 Å². The molecule has 3 heterocycles. The summed E-state index contributed by atoms with van der Waals surface area (Å²) >= 11 is 0. The first-order valence-electron chi connectivity index (χ1n) is 36.4. The number of aliphatic hydroxyl groups excluding tert-OH is 3. The second-order valence-electron chi connectivity index (χ2n) is 35.2. The molecular weight excluding hydrogens is 1120 g/mol. The Morgan fingerprint density at radius 1 is 0.922 bits per heavy atom. The van der Waals surface area contributed by atoms with Crippen molar-refractivity contribution >= 4 is 12.1 Å². The Bertz CT molecular complexity index is 3430. The van der Waals surface area contributed by atoms with Crippen molar-refractivity contribution in [1.29, 1.82) is 0 Å². The van der Waals surface area contributed by atoms with Gasteiger partial charge in [-0.05, 0) is 233 Å². The van der Waals surface area contributed by atoms with Crippen molar-refractivity contribution in [2.75, 3.05) is 26.4 Å². The molecule has 11 heteroatoms. The van der Waals surface area contributed by atoms with Gasteiger partial charge >= 0.3 is 0 Å². The van der Waals surface area contributed by atoms with Crippen molar-refractivity contribution in [3.05, 3.63) is 93.9 Å². The Kier molecular flexibility index (Phi) is 13.2. The summed E-state index contributed by atoms with van der Waals surface area (Å²) in [4.78, 5) is 31.1. The van der Waals surface area contributed by atoms with E-state index in [0.717, 1.165) is 93.8 Å². The molecule has 0 aromatic heterocycles. The SMILES string of the molecule is C[C@@H]1CCO[C@]([C@H]2C[C@@H]3CCC4=C5[C@@H]6[C@H](CCc7ccccc7CC#C[C@@H]7[C@@]8(CCC9(CCCC9)C8)C[C@]89C=C[C@@H]%10[C@@H](C4=O)[C@]6(CC([C@@]4(CO)C[C@@H](C=O)CC46CCCC6)=C8)[C@]79C[C@@H]%10O)C[C@@]2(C)[C@]53O)([C@H]2O[C@@H]2[C@](C)(O)[C@](C)(CO)CCC2=CCNC(N)=C2)C1. The number of benzene rings is 1. The van der Waals surface area contributed by atoms with E-state index in [1.165, 1.54) is 55.1 Å². The Balaban J connectivity index is 0.881. The molecule has 2 saturated heterocycles. The molecule has 22 atom stereocenters. The standard InChI is InChI=1S/C79H104N2O9/c1-48-23-33-89-77(36-48,67-66(90-67)70(4,87)68(2,46-83)28-20-49-22-32-81-61(80)34-49)60-35-54-18-19-57-63-62-53(39-69(60,3)79(54,63)88)17-16-52-13-6-5-12-51(52)14-11-15-59-72(31-30-71(44-72)24-7-8-25-71)45-74-29-21-56-58(85)42-78(59,74)76(62,64(56)65(57)86)41-55(40-74)75(47-84)38-50(43-82)37-73(75)26-9-10-27-73/h5-6,12-13,21-22,29,34,40,43,48,50,53-54,56,58-60,62,64,66-67,81,83-85,87-88H,7-10,14,16-20,23-28,30-33,35-39,41-42,44-47,80H2,1-4H3/t48-,50+,53-,54+,56+,58+,59-,60+,62+,64+,66+,67+,68+,69-,70+,72-,74+,75+,76-,77-,78-,79-/m1/s1. The van der Waals surface area contributed by atoms with Gasteiger partial charge < -0.3 is 50.9 Å². The highest BCUT2D eigenvalue weighted by Crippen LogP contribution is 2.90. The van der Waals surface area contributed by atoms with Gasteiger partial charge in [-0.15, -0.1) is 0 Å². The first-order valence-corrected chi connectivity index (χ1v) is 36.4. The number of fused-ring (bicyclic) bond motifs is 3. The van der Waals surface area contributed by atoms with Crippen LogP contribution < -0.4 is 11.1 Å². The van der Waals surface area contributed by atoms with E-state index < -0.39 is 79.4 Å². The van der Waals surface area contributed by atoms with Gasteiger partial charge in [-0.3, -0.25) is 4.79 Å². The summed E-state index contributed by atoms with van der Waals surface area (Å²) in [7, 11) is 0. The summed E-state index contributed by atoms with van der Waals surface area (Å²) in [5.74, 6) is 7.60. The molecule has 8 saturated carbocycles. The van der Waals surface area contributed by atoms with Gasteiger partial charge in [-0.2, -0.15) is 0 Å². The largest absolute Gasteiger partial charge is 0.396 e. The molecule has 17 aliphatic rings. The van der Waals surface area contributed by atoms with Crippen LogP contribution in [0.3, 0.4) is 0 Å². The second-order valence-corrected chi connectivity index (χ2v) is 35.2. The van der Waals surface area contributed by atoms with Crippen LogP contribution in [0.15, 0.2) is 82.8 Å². The molecule has 484 valence electrons. The summed E-state index contributed by atoms with van der Waals surface area (Å²) in [5.41, 5.74) is 4.66. The average Bonchev–Trinajstić information content (AvgIpc) is 1.34. The predicted octanol–water partition coefficient (Wildman–Crippen LogP) is 11.4. The highest BCUT2D eigenvalue weighted by molar-refractivity contribution is 6.01. The van der Waals surface area contributed by atoms with Gasteiger partial charge in [0.15, 0.2) is 5.78 Å². The number of hydrogen-bond acceptors (Lipinski definition) is 11. The van der Waals surface area contributed by atoms with Gasteiger partial charge in [0.1, 0.15) is 24.1 Å². The number of ketones is 1. The van der Waals surface area contributed by atoms with Crippen molar-refractivity contribution in [2.24, 2.45) is 108 Å². The van der Waals surface area contributed by atoms with E-state index in [9.17, 15) is 25.2 Å². The molecule has 90 heavy (non-hydrogen) atoms. The number of carbonyl (C=O) groups excluding carboxylic acids is 2. The number of ether oxygens (including phenoxy) is 2. The minimum absolute atomic E-state index is 0.000458. The summed E-state index contributed by atoms with van der Waals surface area (Å²) in [6.07, 6.45) is 34.8. The van der Waals surface area contributed by atoms with Crippen LogP contribution in [-0.2, 0) is 31.9 Å². The minimum Gasteiger partial charge on any atom is -0.396 e. The number of aryl methyl sites for hydroxylation is 1. The number of aldehydes is 1. The molecule has 1 aromatic rings. The monoisotopic (exact) mass is 1220 g/mol. The highest BCUT2D eigenvalue weighted by atomic mass is 16.6. The van der Waals surface area contributed by atoms with Crippen molar-refractivity contribution in [3.8, 4) is 11.8 Å². The number of carbonyl (C=O) groups is 2. The number of hydrogen-bond donors (Lipinski definition) is 7. The molecule has 5 spiro atoms. The lowest BCUT2D eigenvalue weighted by Gasteiger charge is -2.75. The Morgan fingerprint density at radius 3 is 2.47 bits per heavy atom. The van der Waals surface area contributed by atoms with E-state index in [-0.39, 0.29) is 76.7 Å².